The van der Waals surface area contributed by atoms with Crippen molar-refractivity contribution >= 4 is 6.03 Å². The molecule has 20 heavy (non-hydrogen) atoms. The normalized spacial score (nSPS) is 39.8. The van der Waals surface area contributed by atoms with Crippen molar-refractivity contribution < 1.29 is 4.79 Å². The van der Waals surface area contributed by atoms with Gasteiger partial charge in [-0.15, -0.1) is 0 Å². The first-order valence-corrected chi connectivity index (χ1v) is 7.93. The van der Waals surface area contributed by atoms with Gasteiger partial charge in [0.2, 0.25) is 0 Å². The Morgan fingerprint density at radius 1 is 1.25 bits per heavy atom. The molecule has 0 aromatic carbocycles. The monoisotopic (exact) mass is 273 g/mol. The summed E-state index contributed by atoms with van der Waals surface area (Å²) in [4.78, 5) is 16.2. The second kappa shape index (κ2) is 4.34. The predicted molar refractivity (Wildman–Crippen MR) is 76.2 cm³/mol. The Balaban J connectivity index is 1.51. The average Bonchev–Trinajstić information content (AvgIpc) is 2.90. The highest BCUT2D eigenvalue weighted by Crippen LogP contribution is 2.61. The fourth-order valence-electron chi connectivity index (χ4n) is 5.50. The lowest BCUT2D eigenvalue weighted by atomic mass is 9.48. The van der Waals surface area contributed by atoms with Crippen LogP contribution in [0.5, 0.6) is 0 Å². The third-order valence-corrected chi connectivity index (χ3v) is 6.08. The van der Waals surface area contributed by atoms with Crippen LogP contribution >= 0.6 is 0 Å². The molecule has 4 aliphatic carbocycles. The molecular weight excluding hydrogens is 250 g/mol. The zero-order valence-corrected chi connectivity index (χ0v) is 12.1. The lowest BCUT2D eigenvalue weighted by molar-refractivity contribution is -0.0682. The third kappa shape index (κ3) is 1.88. The molecule has 1 unspecified atom stereocenters. The fourth-order valence-corrected chi connectivity index (χ4v) is 5.50. The molecule has 108 valence electrons. The van der Waals surface area contributed by atoms with Gasteiger partial charge >= 0.3 is 6.03 Å². The van der Waals surface area contributed by atoms with Crippen molar-refractivity contribution in [2.75, 3.05) is 0 Å². The summed E-state index contributed by atoms with van der Waals surface area (Å²) in [5, 5.41) is 3.22. The highest BCUT2D eigenvalue weighted by atomic mass is 16.2. The maximum Gasteiger partial charge on any atom is 0.327 e. The molecule has 0 aliphatic heterocycles. The summed E-state index contributed by atoms with van der Waals surface area (Å²) in [5.41, 5.74) is 0.366. The molecule has 4 heteroatoms. The van der Waals surface area contributed by atoms with E-state index in [-0.39, 0.29) is 12.1 Å². The number of amides is 1. The van der Waals surface area contributed by atoms with Gasteiger partial charge in [0.1, 0.15) is 6.33 Å². The minimum atomic E-state index is -0.0363. The van der Waals surface area contributed by atoms with Gasteiger partial charge in [-0.2, -0.15) is 0 Å². The van der Waals surface area contributed by atoms with Gasteiger partial charge in [-0.25, -0.2) is 9.78 Å². The van der Waals surface area contributed by atoms with E-state index in [1.165, 1.54) is 43.1 Å². The van der Waals surface area contributed by atoms with Crippen molar-refractivity contribution in [3.63, 3.8) is 0 Å². The summed E-state index contributed by atoms with van der Waals surface area (Å²) in [7, 11) is 0. The van der Waals surface area contributed by atoms with Crippen LogP contribution in [0, 0.1) is 23.2 Å². The maximum atomic E-state index is 12.2. The minimum absolute atomic E-state index is 0.0363. The van der Waals surface area contributed by atoms with Crippen LogP contribution in [0.25, 0.3) is 0 Å². The van der Waals surface area contributed by atoms with E-state index in [1.54, 1.807) is 18.7 Å². The Morgan fingerprint density at radius 3 is 2.35 bits per heavy atom. The molecule has 1 aromatic heterocycles. The molecule has 4 aliphatic rings. The molecule has 0 spiro atoms. The predicted octanol–water partition coefficient (Wildman–Crippen LogP) is 3.05. The van der Waals surface area contributed by atoms with Gasteiger partial charge in [0, 0.05) is 18.4 Å². The van der Waals surface area contributed by atoms with Crippen molar-refractivity contribution in [1.29, 1.82) is 0 Å². The van der Waals surface area contributed by atoms with Gasteiger partial charge in [-0.05, 0) is 68.6 Å². The number of carbonyl (C=O) groups excluding carboxylic acids is 1. The number of imidazole rings is 1. The largest absolute Gasteiger partial charge is 0.334 e. The summed E-state index contributed by atoms with van der Waals surface area (Å²) in [6.07, 6.45) is 13.2. The van der Waals surface area contributed by atoms with Crippen molar-refractivity contribution in [2.24, 2.45) is 23.2 Å². The lowest BCUT2D eigenvalue weighted by Gasteiger charge is -2.59. The molecule has 5 rings (SSSR count). The zero-order valence-electron chi connectivity index (χ0n) is 12.1. The van der Waals surface area contributed by atoms with Crippen LogP contribution in [0.15, 0.2) is 18.7 Å². The molecule has 1 aromatic rings. The van der Waals surface area contributed by atoms with Crippen molar-refractivity contribution in [1.82, 2.24) is 14.9 Å². The molecule has 1 atom stereocenters. The number of nitrogens with one attached hydrogen (secondary N) is 1. The molecule has 0 saturated heterocycles. The Labute approximate surface area is 120 Å². The standard InChI is InChI=1S/C16H23N3O/c1-11(18-15(20)19-3-2-17-10-19)16-7-12-4-13(8-16)6-14(5-12)9-16/h2-3,10-14H,4-9H2,1H3,(H,18,20). The summed E-state index contributed by atoms with van der Waals surface area (Å²) >= 11 is 0. The lowest BCUT2D eigenvalue weighted by Crippen LogP contribution is -2.56. The SMILES string of the molecule is CC(NC(=O)n1ccnc1)C12CC3CC(CC(C3)C1)C2. The van der Waals surface area contributed by atoms with Gasteiger partial charge in [0.15, 0.2) is 0 Å². The number of carbonyl (C=O) groups is 1. The molecule has 1 N–H and O–H groups in total. The Morgan fingerprint density at radius 2 is 1.85 bits per heavy atom. The van der Waals surface area contributed by atoms with Gasteiger partial charge in [0.25, 0.3) is 0 Å². The molecule has 1 amide bonds. The minimum Gasteiger partial charge on any atom is -0.334 e. The summed E-state index contributed by atoms with van der Waals surface area (Å²) < 4.78 is 1.54. The first kappa shape index (κ1) is 12.4. The Kier molecular flexibility index (Phi) is 2.69. The highest BCUT2D eigenvalue weighted by molar-refractivity contribution is 5.76. The number of hydrogen-bond donors (Lipinski definition) is 1. The zero-order chi connectivity index (χ0) is 13.7. The Bertz CT molecular complexity index is 473. The van der Waals surface area contributed by atoms with Crippen LogP contribution in [-0.2, 0) is 0 Å². The highest BCUT2D eigenvalue weighted by Gasteiger charge is 2.53. The van der Waals surface area contributed by atoms with Gasteiger partial charge in [-0.3, -0.25) is 4.57 Å². The van der Waals surface area contributed by atoms with Crippen molar-refractivity contribution in [2.45, 2.75) is 51.5 Å². The Hall–Kier alpha value is -1.32. The second-order valence-corrected chi connectivity index (χ2v) is 7.42. The number of rotatable bonds is 2. The summed E-state index contributed by atoms with van der Waals surface area (Å²) in [6, 6.07) is 0.233. The molecule has 4 bridgehead atoms. The van der Waals surface area contributed by atoms with Gasteiger partial charge < -0.3 is 5.32 Å². The van der Waals surface area contributed by atoms with Gasteiger partial charge in [0.05, 0.1) is 0 Å². The maximum absolute atomic E-state index is 12.2. The summed E-state index contributed by atoms with van der Waals surface area (Å²) in [5.74, 6) is 2.77. The van der Waals surface area contributed by atoms with E-state index in [9.17, 15) is 4.79 Å². The van der Waals surface area contributed by atoms with E-state index in [0.717, 1.165) is 17.8 Å². The second-order valence-electron chi connectivity index (χ2n) is 7.42. The van der Waals surface area contributed by atoms with E-state index in [0.29, 0.717) is 5.41 Å². The van der Waals surface area contributed by atoms with Crippen LogP contribution in [0.1, 0.15) is 45.4 Å². The molecule has 4 saturated carbocycles. The molecule has 4 fully saturated rings. The van der Waals surface area contributed by atoms with E-state index in [4.69, 9.17) is 0 Å². The van der Waals surface area contributed by atoms with Crippen LogP contribution < -0.4 is 5.32 Å². The molecule has 4 nitrogen and oxygen atoms in total. The number of aromatic nitrogens is 2. The van der Waals surface area contributed by atoms with Crippen LogP contribution in [-0.4, -0.2) is 21.6 Å². The first-order valence-electron chi connectivity index (χ1n) is 7.93. The summed E-state index contributed by atoms with van der Waals surface area (Å²) in [6.45, 7) is 2.21. The van der Waals surface area contributed by atoms with E-state index in [1.807, 2.05) is 0 Å². The first-order chi connectivity index (χ1) is 9.64. The fraction of sp³-hybridized carbons (Fsp3) is 0.750. The molecular formula is C16H23N3O. The number of hydrogen-bond acceptors (Lipinski definition) is 2. The van der Waals surface area contributed by atoms with Crippen molar-refractivity contribution in [3.8, 4) is 0 Å². The quantitative estimate of drug-likeness (QED) is 0.900. The van der Waals surface area contributed by atoms with Gasteiger partial charge in [-0.1, -0.05) is 0 Å². The van der Waals surface area contributed by atoms with Crippen LogP contribution in [0.4, 0.5) is 4.79 Å². The van der Waals surface area contributed by atoms with Crippen LogP contribution in [0.2, 0.25) is 0 Å². The average molecular weight is 273 g/mol. The smallest absolute Gasteiger partial charge is 0.327 e. The topological polar surface area (TPSA) is 46.9 Å². The number of nitrogens with zero attached hydrogens (tertiary/aromatic N) is 2. The molecule has 0 radical (unpaired) electrons. The van der Waals surface area contributed by atoms with E-state index >= 15 is 0 Å². The van der Waals surface area contributed by atoms with E-state index in [2.05, 4.69) is 17.2 Å². The molecule has 1 heterocycles. The van der Waals surface area contributed by atoms with E-state index < -0.39 is 0 Å². The third-order valence-electron chi connectivity index (χ3n) is 6.08. The van der Waals surface area contributed by atoms with Crippen molar-refractivity contribution in [3.05, 3.63) is 18.7 Å². The van der Waals surface area contributed by atoms with Crippen LogP contribution in [0.3, 0.4) is 0 Å².